The molecule has 0 aromatic heterocycles. The highest BCUT2D eigenvalue weighted by Crippen LogP contribution is 2.20. The second-order valence-corrected chi connectivity index (χ2v) is 4.76. The fourth-order valence-corrected chi connectivity index (χ4v) is 2.50. The minimum absolute atomic E-state index is 0.0282. The molecule has 1 heterocycles. The van der Waals surface area contributed by atoms with Crippen LogP contribution in [-0.2, 0) is 14.3 Å². The first-order valence-electron chi connectivity index (χ1n) is 6.90. The van der Waals surface area contributed by atoms with E-state index < -0.39 is 6.04 Å². The van der Waals surface area contributed by atoms with Crippen LogP contribution in [0.4, 0.5) is 0 Å². The first kappa shape index (κ1) is 15.9. The predicted octanol–water partition coefficient (Wildman–Crippen LogP) is -0.180. The Morgan fingerprint density at radius 2 is 2.05 bits per heavy atom. The number of carbonyl (C=O) groups is 2. The molecule has 0 radical (unpaired) electrons. The number of methoxy groups -OCH3 is 1. The Kier molecular flexibility index (Phi) is 6.24. The molecular weight excluding hydrogens is 246 g/mol. The topological polar surface area (TPSA) is 75.9 Å². The lowest BCUT2D eigenvalue weighted by atomic mass is 10.1. The van der Waals surface area contributed by atoms with Gasteiger partial charge in [0.2, 0.25) is 11.8 Å². The van der Waals surface area contributed by atoms with Crippen molar-refractivity contribution in [2.24, 2.45) is 5.73 Å². The molecule has 2 N–H and O–H groups in total. The summed E-state index contributed by atoms with van der Waals surface area (Å²) in [5, 5.41) is 0. The zero-order valence-corrected chi connectivity index (χ0v) is 12.1. The molecule has 0 spiro atoms. The Labute approximate surface area is 114 Å². The molecule has 19 heavy (non-hydrogen) atoms. The molecule has 2 atom stereocenters. The summed E-state index contributed by atoms with van der Waals surface area (Å²) >= 11 is 0. The molecule has 1 aliphatic heterocycles. The van der Waals surface area contributed by atoms with E-state index in [2.05, 4.69) is 0 Å². The maximum absolute atomic E-state index is 12.4. The van der Waals surface area contributed by atoms with Crippen molar-refractivity contribution in [2.45, 2.75) is 38.8 Å². The number of nitrogens with zero attached hydrogens (tertiary/aromatic N) is 2. The van der Waals surface area contributed by atoms with E-state index in [1.54, 1.807) is 9.80 Å². The SMILES string of the molecule is CCN(CC)C(=O)C1CCCN1C(=O)C(N)COC. The van der Waals surface area contributed by atoms with Gasteiger partial charge in [-0.2, -0.15) is 0 Å². The van der Waals surface area contributed by atoms with Crippen molar-refractivity contribution in [1.29, 1.82) is 0 Å². The third-order valence-corrected chi connectivity index (χ3v) is 3.56. The minimum Gasteiger partial charge on any atom is -0.383 e. The van der Waals surface area contributed by atoms with E-state index in [1.165, 1.54) is 7.11 Å². The molecule has 6 nitrogen and oxygen atoms in total. The highest BCUT2D eigenvalue weighted by atomic mass is 16.5. The van der Waals surface area contributed by atoms with Crippen molar-refractivity contribution in [3.05, 3.63) is 0 Å². The summed E-state index contributed by atoms with van der Waals surface area (Å²) in [7, 11) is 1.51. The fourth-order valence-electron chi connectivity index (χ4n) is 2.50. The Bertz CT molecular complexity index is 318. The van der Waals surface area contributed by atoms with E-state index in [9.17, 15) is 9.59 Å². The van der Waals surface area contributed by atoms with Crippen LogP contribution in [0.2, 0.25) is 0 Å². The van der Waals surface area contributed by atoms with Crippen molar-refractivity contribution in [1.82, 2.24) is 9.80 Å². The zero-order chi connectivity index (χ0) is 14.4. The number of rotatable bonds is 6. The van der Waals surface area contributed by atoms with E-state index in [4.69, 9.17) is 10.5 Å². The van der Waals surface area contributed by atoms with E-state index in [0.29, 0.717) is 19.6 Å². The van der Waals surface area contributed by atoms with Crippen LogP contribution in [0.1, 0.15) is 26.7 Å². The third kappa shape index (κ3) is 3.67. The molecule has 1 aliphatic rings. The van der Waals surface area contributed by atoms with Crippen LogP contribution in [0, 0.1) is 0 Å². The van der Waals surface area contributed by atoms with Crippen molar-refractivity contribution in [3.63, 3.8) is 0 Å². The number of likely N-dealkylation sites (tertiary alicyclic amines) is 1. The molecule has 6 heteroatoms. The number of nitrogens with two attached hydrogens (primary N) is 1. The minimum atomic E-state index is -0.685. The van der Waals surface area contributed by atoms with E-state index in [1.807, 2.05) is 13.8 Å². The summed E-state index contributed by atoms with van der Waals surface area (Å²) in [6.45, 7) is 6.00. The Morgan fingerprint density at radius 3 is 2.58 bits per heavy atom. The van der Waals surface area contributed by atoms with Crippen LogP contribution in [0.15, 0.2) is 0 Å². The molecule has 2 unspecified atom stereocenters. The van der Waals surface area contributed by atoms with Gasteiger partial charge in [-0.05, 0) is 26.7 Å². The number of hydrogen-bond donors (Lipinski definition) is 1. The van der Waals surface area contributed by atoms with Crippen LogP contribution in [0.25, 0.3) is 0 Å². The molecule has 2 amide bonds. The van der Waals surface area contributed by atoms with Crippen molar-refractivity contribution < 1.29 is 14.3 Å². The van der Waals surface area contributed by atoms with Gasteiger partial charge in [-0.1, -0.05) is 0 Å². The monoisotopic (exact) mass is 271 g/mol. The van der Waals surface area contributed by atoms with Gasteiger partial charge in [-0.15, -0.1) is 0 Å². The summed E-state index contributed by atoms with van der Waals surface area (Å²) in [6, 6.07) is -1.04. The molecule has 0 aromatic carbocycles. The number of carbonyl (C=O) groups excluding carboxylic acids is 2. The number of hydrogen-bond acceptors (Lipinski definition) is 4. The summed E-state index contributed by atoms with van der Waals surface area (Å²) in [5.41, 5.74) is 5.77. The smallest absolute Gasteiger partial charge is 0.245 e. The zero-order valence-electron chi connectivity index (χ0n) is 12.1. The molecule has 0 aliphatic carbocycles. The molecule has 0 aromatic rings. The number of likely N-dealkylation sites (N-methyl/N-ethyl adjacent to an activating group) is 1. The highest BCUT2D eigenvalue weighted by molar-refractivity contribution is 5.90. The lowest BCUT2D eigenvalue weighted by molar-refractivity contribution is -0.144. The van der Waals surface area contributed by atoms with Gasteiger partial charge in [0.25, 0.3) is 0 Å². The van der Waals surface area contributed by atoms with E-state index in [-0.39, 0.29) is 24.5 Å². The fraction of sp³-hybridized carbons (Fsp3) is 0.846. The van der Waals surface area contributed by atoms with Crippen molar-refractivity contribution in [2.75, 3.05) is 33.4 Å². The van der Waals surface area contributed by atoms with Gasteiger partial charge in [0.05, 0.1) is 6.61 Å². The predicted molar refractivity (Wildman–Crippen MR) is 72.5 cm³/mol. The van der Waals surface area contributed by atoms with Crippen LogP contribution < -0.4 is 5.73 Å². The number of amides is 2. The molecular formula is C13H25N3O3. The molecule has 1 saturated heterocycles. The third-order valence-electron chi connectivity index (χ3n) is 3.56. The van der Waals surface area contributed by atoms with Crippen LogP contribution >= 0.6 is 0 Å². The summed E-state index contributed by atoms with van der Waals surface area (Å²) in [6.07, 6.45) is 1.57. The Hall–Kier alpha value is -1.14. The second kappa shape index (κ2) is 7.45. The van der Waals surface area contributed by atoms with Gasteiger partial charge in [-0.25, -0.2) is 0 Å². The van der Waals surface area contributed by atoms with Crippen LogP contribution in [0.5, 0.6) is 0 Å². The average molecular weight is 271 g/mol. The Morgan fingerprint density at radius 1 is 1.42 bits per heavy atom. The highest BCUT2D eigenvalue weighted by Gasteiger charge is 2.37. The van der Waals surface area contributed by atoms with Gasteiger partial charge >= 0.3 is 0 Å². The molecule has 110 valence electrons. The van der Waals surface area contributed by atoms with Gasteiger partial charge < -0.3 is 20.3 Å². The normalized spacial score (nSPS) is 20.4. The second-order valence-electron chi connectivity index (χ2n) is 4.76. The van der Waals surface area contributed by atoms with Gasteiger partial charge in [0.15, 0.2) is 0 Å². The van der Waals surface area contributed by atoms with Gasteiger partial charge in [-0.3, -0.25) is 9.59 Å². The van der Waals surface area contributed by atoms with Crippen LogP contribution in [0.3, 0.4) is 0 Å². The molecule has 0 saturated carbocycles. The van der Waals surface area contributed by atoms with E-state index in [0.717, 1.165) is 12.8 Å². The maximum atomic E-state index is 12.4. The van der Waals surface area contributed by atoms with Gasteiger partial charge in [0.1, 0.15) is 12.1 Å². The first-order valence-corrected chi connectivity index (χ1v) is 6.90. The Balaban J connectivity index is 2.73. The van der Waals surface area contributed by atoms with E-state index >= 15 is 0 Å². The van der Waals surface area contributed by atoms with Crippen molar-refractivity contribution >= 4 is 11.8 Å². The maximum Gasteiger partial charge on any atom is 0.245 e. The molecule has 0 bridgehead atoms. The summed E-state index contributed by atoms with van der Waals surface area (Å²) in [5.74, 6) is -0.162. The molecule has 1 rings (SSSR count). The summed E-state index contributed by atoms with van der Waals surface area (Å²) in [4.78, 5) is 27.9. The quantitative estimate of drug-likeness (QED) is 0.727. The standard InChI is InChI=1S/C13H25N3O3/c1-4-15(5-2)13(18)11-7-6-8-16(11)12(17)10(14)9-19-3/h10-11H,4-9,14H2,1-3H3. The average Bonchev–Trinajstić information content (AvgIpc) is 2.88. The summed E-state index contributed by atoms with van der Waals surface area (Å²) < 4.78 is 4.90. The molecule has 1 fully saturated rings. The first-order chi connectivity index (χ1) is 9.06. The van der Waals surface area contributed by atoms with Crippen molar-refractivity contribution in [3.8, 4) is 0 Å². The largest absolute Gasteiger partial charge is 0.383 e. The van der Waals surface area contributed by atoms with Gasteiger partial charge in [0, 0.05) is 26.7 Å². The van der Waals surface area contributed by atoms with Crippen LogP contribution in [-0.4, -0.2) is 67.0 Å². The number of ether oxygens (including phenoxy) is 1. The lowest BCUT2D eigenvalue weighted by Gasteiger charge is -2.30. The lowest BCUT2D eigenvalue weighted by Crippen LogP contribution is -2.53.